The van der Waals surface area contributed by atoms with Crippen molar-refractivity contribution in [2.75, 3.05) is 7.11 Å². The molecule has 5 nitrogen and oxygen atoms in total. The molecule has 0 saturated heterocycles. The number of benzene rings is 1. The molecule has 4 rings (SSSR count). The number of allylic oxidation sites excluding steroid dienone is 2. The second-order valence-electron chi connectivity index (χ2n) is 9.12. The molecule has 2 bridgehead atoms. The molecule has 30 heavy (non-hydrogen) atoms. The molecule has 3 fully saturated rings. The second kappa shape index (κ2) is 9.53. The normalized spacial score (nSPS) is 27.6. The largest absolute Gasteiger partial charge is 0.469 e. The zero-order chi connectivity index (χ0) is 21.9. The molecule has 0 amide bonds. The Morgan fingerprint density at radius 3 is 2.57 bits per heavy atom. The predicted octanol–water partition coefficient (Wildman–Crippen LogP) is 5.07. The Hall–Kier alpha value is -1.18. The van der Waals surface area contributed by atoms with Gasteiger partial charge in [0.2, 0.25) is 10.0 Å². The van der Waals surface area contributed by atoms with Gasteiger partial charge in [0.05, 0.1) is 12.0 Å². The van der Waals surface area contributed by atoms with E-state index in [-0.39, 0.29) is 23.3 Å². The molecule has 3 aliphatic rings. The van der Waals surface area contributed by atoms with Crippen molar-refractivity contribution in [3.05, 3.63) is 40.9 Å². The van der Waals surface area contributed by atoms with E-state index in [1.54, 1.807) is 24.3 Å². The van der Waals surface area contributed by atoms with Crippen LogP contribution in [-0.2, 0) is 19.6 Å². The molecule has 0 aliphatic heterocycles. The highest BCUT2D eigenvalue weighted by Crippen LogP contribution is 2.62. The van der Waals surface area contributed by atoms with Crippen molar-refractivity contribution in [3.8, 4) is 0 Å². The Balaban J connectivity index is 1.65. The van der Waals surface area contributed by atoms with Crippen molar-refractivity contribution in [3.63, 3.8) is 0 Å². The summed E-state index contributed by atoms with van der Waals surface area (Å²) in [6.45, 7) is 4.64. The summed E-state index contributed by atoms with van der Waals surface area (Å²) in [5.74, 6) is 1.20. The van der Waals surface area contributed by atoms with Crippen molar-refractivity contribution in [1.29, 1.82) is 0 Å². The van der Waals surface area contributed by atoms with E-state index in [0.717, 1.165) is 30.2 Å². The Morgan fingerprint density at radius 2 is 1.93 bits per heavy atom. The van der Waals surface area contributed by atoms with E-state index < -0.39 is 10.0 Å². The molecule has 1 aromatic carbocycles. The van der Waals surface area contributed by atoms with E-state index in [0.29, 0.717) is 23.2 Å². The smallest absolute Gasteiger partial charge is 0.305 e. The quantitative estimate of drug-likeness (QED) is 0.293. The third-order valence-corrected chi connectivity index (χ3v) is 9.14. The number of hydrogen-bond acceptors (Lipinski definition) is 4. The van der Waals surface area contributed by atoms with Crippen LogP contribution in [0.25, 0.3) is 0 Å². The van der Waals surface area contributed by atoms with Crippen LogP contribution in [-0.4, -0.2) is 27.5 Å². The molecule has 166 valence electrons. The SMILES string of the molecule is COC(=O)CCC/C=C\C[C@@H]1[C@@H](NS(=O)(=O)c2ccc(Br)cc2)C[C@H]2C[C@@H]1C2(C)C. The van der Waals surface area contributed by atoms with Crippen LogP contribution >= 0.6 is 15.9 Å². The Morgan fingerprint density at radius 1 is 1.23 bits per heavy atom. The third-order valence-electron chi connectivity index (χ3n) is 7.10. The number of unbranched alkanes of at least 4 members (excludes halogenated alkanes) is 1. The predicted molar refractivity (Wildman–Crippen MR) is 121 cm³/mol. The van der Waals surface area contributed by atoms with Gasteiger partial charge in [0.1, 0.15) is 0 Å². The number of methoxy groups -OCH3 is 1. The van der Waals surface area contributed by atoms with Crippen LogP contribution < -0.4 is 4.72 Å². The summed E-state index contributed by atoms with van der Waals surface area (Å²) in [5, 5.41) is 0. The van der Waals surface area contributed by atoms with Gasteiger partial charge in [-0.3, -0.25) is 4.79 Å². The average Bonchev–Trinajstić information content (AvgIpc) is 2.70. The highest BCUT2D eigenvalue weighted by Gasteiger charge is 2.57. The molecule has 4 atom stereocenters. The van der Waals surface area contributed by atoms with Crippen molar-refractivity contribution >= 4 is 31.9 Å². The Labute approximate surface area is 188 Å². The number of sulfonamides is 1. The lowest BCUT2D eigenvalue weighted by molar-refractivity contribution is -0.140. The van der Waals surface area contributed by atoms with Gasteiger partial charge in [-0.15, -0.1) is 0 Å². The minimum Gasteiger partial charge on any atom is -0.469 e. The molecule has 0 unspecified atom stereocenters. The molecular formula is C23H32BrNO4S. The van der Waals surface area contributed by atoms with Gasteiger partial charge in [0.25, 0.3) is 0 Å². The van der Waals surface area contributed by atoms with Crippen molar-refractivity contribution in [2.45, 2.75) is 63.3 Å². The maximum absolute atomic E-state index is 13.0. The first kappa shape index (κ1) is 23.5. The van der Waals surface area contributed by atoms with E-state index in [4.69, 9.17) is 0 Å². The van der Waals surface area contributed by atoms with Crippen LogP contribution in [0.15, 0.2) is 45.8 Å². The van der Waals surface area contributed by atoms with Gasteiger partial charge in [-0.2, -0.15) is 0 Å². The maximum atomic E-state index is 13.0. The average molecular weight is 498 g/mol. The molecule has 1 aromatic rings. The van der Waals surface area contributed by atoms with Gasteiger partial charge in [0.15, 0.2) is 0 Å². The Bertz CT molecular complexity index is 879. The van der Waals surface area contributed by atoms with Crippen LogP contribution in [0.1, 0.15) is 52.4 Å². The summed E-state index contributed by atoms with van der Waals surface area (Å²) in [7, 11) is -2.14. The fourth-order valence-electron chi connectivity index (χ4n) is 5.13. The molecule has 0 spiro atoms. The number of fused-ring (bicyclic) bond motifs is 2. The Kier molecular flexibility index (Phi) is 7.46. The van der Waals surface area contributed by atoms with E-state index in [9.17, 15) is 13.2 Å². The molecular weight excluding hydrogens is 466 g/mol. The number of halogens is 1. The van der Waals surface area contributed by atoms with Crippen LogP contribution in [0, 0.1) is 23.2 Å². The van der Waals surface area contributed by atoms with E-state index in [1.807, 2.05) is 0 Å². The summed E-state index contributed by atoms with van der Waals surface area (Å²) < 4.78 is 34.5. The number of rotatable bonds is 9. The van der Waals surface area contributed by atoms with E-state index in [1.165, 1.54) is 13.5 Å². The number of carbonyl (C=O) groups is 1. The topological polar surface area (TPSA) is 72.5 Å². The standard InChI is InChI=1S/C23H32BrNO4S/c1-23(2)16-14-20(23)19(8-6-4-5-7-9-22(26)29-3)21(15-16)25-30(27,28)18-12-10-17(24)11-13-18/h4,6,10-13,16,19-21,25H,5,7-9,14-15H2,1-3H3/b6-4-/t16-,19+,20+,21+/m1/s1. The number of carbonyl (C=O) groups excluding carboxylic acids is 1. The molecule has 7 heteroatoms. The highest BCUT2D eigenvalue weighted by molar-refractivity contribution is 9.10. The van der Waals surface area contributed by atoms with Crippen molar-refractivity contribution in [2.24, 2.45) is 23.2 Å². The van der Waals surface area contributed by atoms with E-state index in [2.05, 4.69) is 51.4 Å². The summed E-state index contributed by atoms with van der Waals surface area (Å²) in [6.07, 6.45) is 9.23. The zero-order valence-corrected chi connectivity index (χ0v) is 20.3. The van der Waals surface area contributed by atoms with Gasteiger partial charge in [-0.25, -0.2) is 13.1 Å². The van der Waals surface area contributed by atoms with Crippen LogP contribution in [0.5, 0.6) is 0 Å². The van der Waals surface area contributed by atoms with E-state index >= 15 is 0 Å². The fourth-order valence-corrected chi connectivity index (χ4v) is 6.69. The third kappa shape index (κ3) is 5.17. The minimum absolute atomic E-state index is 0.0462. The molecule has 3 aliphatic carbocycles. The molecule has 0 radical (unpaired) electrons. The summed E-state index contributed by atoms with van der Waals surface area (Å²) in [6, 6.07) is 6.73. The van der Waals surface area contributed by atoms with Gasteiger partial charge in [-0.05, 0) is 79.5 Å². The fraction of sp³-hybridized carbons (Fsp3) is 0.609. The first-order chi connectivity index (χ1) is 14.1. The maximum Gasteiger partial charge on any atom is 0.305 e. The summed E-state index contributed by atoms with van der Waals surface area (Å²) in [5.41, 5.74) is 0.267. The number of hydrogen-bond donors (Lipinski definition) is 1. The van der Waals surface area contributed by atoms with Gasteiger partial charge < -0.3 is 4.74 Å². The second-order valence-corrected chi connectivity index (χ2v) is 11.7. The molecule has 0 heterocycles. The lowest BCUT2D eigenvalue weighted by Gasteiger charge is -2.62. The number of ether oxygens (including phenoxy) is 1. The lowest BCUT2D eigenvalue weighted by atomic mass is 9.44. The lowest BCUT2D eigenvalue weighted by Crippen LogP contribution is -2.61. The molecule has 0 aromatic heterocycles. The molecule has 3 saturated carbocycles. The first-order valence-corrected chi connectivity index (χ1v) is 12.9. The first-order valence-electron chi connectivity index (χ1n) is 10.6. The van der Waals surface area contributed by atoms with Gasteiger partial charge in [0, 0.05) is 16.9 Å². The highest BCUT2D eigenvalue weighted by atomic mass is 79.9. The summed E-state index contributed by atoms with van der Waals surface area (Å²) in [4.78, 5) is 11.5. The monoisotopic (exact) mass is 497 g/mol. The summed E-state index contributed by atoms with van der Waals surface area (Å²) >= 11 is 3.36. The van der Waals surface area contributed by atoms with Crippen LogP contribution in [0.4, 0.5) is 0 Å². The number of esters is 1. The zero-order valence-electron chi connectivity index (χ0n) is 17.9. The number of nitrogens with one attached hydrogen (secondary N) is 1. The van der Waals surface area contributed by atoms with Gasteiger partial charge >= 0.3 is 5.97 Å². The van der Waals surface area contributed by atoms with Crippen molar-refractivity contribution in [1.82, 2.24) is 4.72 Å². The molecule has 1 N–H and O–H groups in total. The van der Waals surface area contributed by atoms with Gasteiger partial charge in [-0.1, -0.05) is 41.9 Å². The minimum atomic E-state index is -3.55. The van der Waals surface area contributed by atoms with Crippen molar-refractivity contribution < 1.29 is 17.9 Å². The van der Waals surface area contributed by atoms with Crippen LogP contribution in [0.2, 0.25) is 0 Å². The van der Waals surface area contributed by atoms with Crippen LogP contribution in [0.3, 0.4) is 0 Å².